The molecule has 0 spiro atoms. The molecule has 10 heteroatoms. The van der Waals surface area contributed by atoms with Gasteiger partial charge < -0.3 is 19.9 Å². The fourth-order valence-electron chi connectivity index (χ4n) is 3.52. The van der Waals surface area contributed by atoms with Crippen molar-refractivity contribution in [3.8, 4) is 0 Å². The lowest BCUT2D eigenvalue weighted by Gasteiger charge is -2.31. The van der Waals surface area contributed by atoms with Gasteiger partial charge in [0, 0.05) is 35.2 Å². The van der Waals surface area contributed by atoms with E-state index in [-0.39, 0.29) is 24.3 Å². The van der Waals surface area contributed by atoms with Gasteiger partial charge in [0.05, 0.1) is 18.0 Å². The smallest absolute Gasteiger partial charge is 0.408 e. The van der Waals surface area contributed by atoms with Gasteiger partial charge in [-0.25, -0.2) is 0 Å². The standard InChI is InChI=1S/C22H34BBr2N3O4/c1-4-5-8-28-9-11-31-23(32-12-10-28)20(13-16(2)3)27-21(29)15-26-22(30)18-14-17(24)6-7-19(18)25/h6-7,14,16,20H,4-5,8-13,15H2,1-3H3,(H,26,30)(H,27,29)/t20-/m0/s1. The quantitative estimate of drug-likeness (QED) is 0.417. The van der Waals surface area contributed by atoms with Crippen molar-refractivity contribution in [2.45, 2.75) is 46.0 Å². The lowest BCUT2D eigenvalue weighted by Crippen LogP contribution is -2.54. The Kier molecular flexibility index (Phi) is 12.3. The molecule has 178 valence electrons. The summed E-state index contributed by atoms with van der Waals surface area (Å²) >= 11 is 6.73. The summed E-state index contributed by atoms with van der Waals surface area (Å²) in [6.45, 7) is 10.2. The van der Waals surface area contributed by atoms with Crippen LogP contribution in [0.1, 0.15) is 50.4 Å². The van der Waals surface area contributed by atoms with E-state index in [0.29, 0.717) is 29.2 Å². The van der Waals surface area contributed by atoms with Crippen LogP contribution in [0.4, 0.5) is 0 Å². The lowest BCUT2D eigenvalue weighted by atomic mass is 9.73. The predicted molar refractivity (Wildman–Crippen MR) is 135 cm³/mol. The number of rotatable bonds is 10. The zero-order valence-electron chi connectivity index (χ0n) is 19.2. The second-order valence-corrected chi connectivity index (χ2v) is 10.2. The second-order valence-electron chi connectivity index (χ2n) is 8.42. The van der Waals surface area contributed by atoms with Crippen molar-refractivity contribution in [2.24, 2.45) is 5.92 Å². The first-order valence-electron chi connectivity index (χ1n) is 11.3. The number of carbonyl (C=O) groups excluding carboxylic acids is 2. The number of hydrogen-bond acceptors (Lipinski definition) is 5. The van der Waals surface area contributed by atoms with Gasteiger partial charge in [0.2, 0.25) is 5.91 Å². The molecule has 1 saturated heterocycles. The Morgan fingerprint density at radius 1 is 1.19 bits per heavy atom. The zero-order valence-corrected chi connectivity index (χ0v) is 22.3. The monoisotopic (exact) mass is 573 g/mol. The molecule has 0 radical (unpaired) electrons. The van der Waals surface area contributed by atoms with Crippen LogP contribution < -0.4 is 10.6 Å². The van der Waals surface area contributed by atoms with Crippen LogP contribution in [0.25, 0.3) is 0 Å². The zero-order chi connectivity index (χ0) is 23.5. The van der Waals surface area contributed by atoms with Crippen molar-refractivity contribution >= 4 is 50.8 Å². The summed E-state index contributed by atoms with van der Waals surface area (Å²) in [5.41, 5.74) is 0.463. The molecule has 0 aliphatic carbocycles. The van der Waals surface area contributed by atoms with E-state index in [1.54, 1.807) is 12.1 Å². The molecule has 1 heterocycles. The molecular weight excluding hydrogens is 541 g/mol. The van der Waals surface area contributed by atoms with Crippen molar-refractivity contribution in [1.82, 2.24) is 15.5 Å². The Morgan fingerprint density at radius 2 is 1.88 bits per heavy atom. The molecule has 0 bridgehead atoms. The summed E-state index contributed by atoms with van der Waals surface area (Å²) in [5.74, 6) is -0.515. The molecule has 7 nitrogen and oxygen atoms in total. The SMILES string of the molecule is CCCCN1CCOB([C@H](CC(C)C)NC(=O)CNC(=O)c2cc(Br)ccc2Br)OCC1. The fraction of sp³-hybridized carbons (Fsp3) is 0.636. The first kappa shape index (κ1) is 27.3. The molecule has 2 amide bonds. The van der Waals surface area contributed by atoms with Crippen molar-refractivity contribution in [3.63, 3.8) is 0 Å². The Bertz CT molecular complexity index is 744. The number of unbranched alkanes of at least 4 members (excludes halogenated alkanes) is 1. The highest BCUT2D eigenvalue weighted by Crippen LogP contribution is 2.21. The number of nitrogens with zero attached hydrogens (tertiary/aromatic N) is 1. The number of halogens is 2. The highest BCUT2D eigenvalue weighted by atomic mass is 79.9. The maximum Gasteiger partial charge on any atom is 0.480 e. The largest absolute Gasteiger partial charge is 0.480 e. The van der Waals surface area contributed by atoms with Gasteiger partial charge >= 0.3 is 7.12 Å². The van der Waals surface area contributed by atoms with E-state index in [0.717, 1.165) is 36.9 Å². The van der Waals surface area contributed by atoms with Crippen LogP contribution in [-0.4, -0.2) is 69.2 Å². The van der Waals surface area contributed by atoms with Crippen molar-refractivity contribution in [1.29, 1.82) is 0 Å². The molecule has 1 aliphatic rings. The Labute approximate surface area is 208 Å². The van der Waals surface area contributed by atoms with Crippen molar-refractivity contribution < 1.29 is 18.9 Å². The summed E-state index contributed by atoms with van der Waals surface area (Å²) in [4.78, 5) is 27.5. The Morgan fingerprint density at radius 3 is 2.50 bits per heavy atom. The third-order valence-corrected chi connectivity index (χ3v) is 6.37. The molecule has 2 rings (SSSR count). The van der Waals surface area contributed by atoms with Gasteiger partial charge in [-0.3, -0.25) is 14.5 Å². The van der Waals surface area contributed by atoms with Crippen molar-refractivity contribution in [2.75, 3.05) is 39.4 Å². The van der Waals surface area contributed by atoms with Crippen LogP contribution >= 0.6 is 31.9 Å². The minimum atomic E-state index is -0.496. The molecule has 2 N–H and O–H groups in total. The van der Waals surface area contributed by atoms with Crippen LogP contribution in [0.2, 0.25) is 0 Å². The molecule has 1 fully saturated rings. The minimum absolute atomic E-state index is 0.121. The van der Waals surface area contributed by atoms with Crippen LogP contribution in [0, 0.1) is 5.92 Å². The van der Waals surface area contributed by atoms with Crippen LogP contribution in [-0.2, 0) is 14.1 Å². The van der Waals surface area contributed by atoms with Gasteiger partial charge in [0.15, 0.2) is 0 Å². The first-order valence-corrected chi connectivity index (χ1v) is 12.9. The normalized spacial score (nSPS) is 16.4. The van der Waals surface area contributed by atoms with Gasteiger partial charge in [0.1, 0.15) is 0 Å². The predicted octanol–water partition coefficient (Wildman–Crippen LogP) is 3.65. The molecule has 1 aromatic carbocycles. The highest BCUT2D eigenvalue weighted by Gasteiger charge is 2.33. The maximum atomic E-state index is 12.6. The van der Waals surface area contributed by atoms with E-state index in [1.165, 1.54) is 6.42 Å². The molecule has 0 saturated carbocycles. The third-order valence-electron chi connectivity index (χ3n) is 5.19. The minimum Gasteiger partial charge on any atom is -0.408 e. The van der Waals surface area contributed by atoms with Crippen LogP contribution in [0.15, 0.2) is 27.1 Å². The average Bonchev–Trinajstić information content (AvgIpc) is 2.72. The molecule has 0 aromatic heterocycles. The topological polar surface area (TPSA) is 79.9 Å². The Hall–Kier alpha value is -0.935. The van der Waals surface area contributed by atoms with Crippen molar-refractivity contribution in [3.05, 3.63) is 32.7 Å². The molecule has 1 aromatic rings. The molecule has 0 unspecified atom stereocenters. The van der Waals surface area contributed by atoms with Gasteiger partial charge in [-0.1, -0.05) is 43.1 Å². The van der Waals surface area contributed by atoms with E-state index in [2.05, 4.69) is 68.2 Å². The number of carbonyl (C=O) groups is 2. The van der Waals surface area contributed by atoms with E-state index >= 15 is 0 Å². The van der Waals surface area contributed by atoms with Gasteiger partial charge in [-0.05, 0) is 59.4 Å². The number of nitrogens with one attached hydrogen (secondary N) is 2. The summed E-state index contributed by atoms with van der Waals surface area (Å²) in [6.07, 6.45) is 3.05. The van der Waals surface area contributed by atoms with E-state index in [9.17, 15) is 9.59 Å². The van der Waals surface area contributed by atoms with Gasteiger partial charge in [-0.2, -0.15) is 0 Å². The highest BCUT2D eigenvalue weighted by molar-refractivity contribution is 9.11. The Balaban J connectivity index is 1.90. The fourth-order valence-corrected chi connectivity index (χ4v) is 4.31. The maximum absolute atomic E-state index is 12.6. The molecule has 32 heavy (non-hydrogen) atoms. The van der Waals surface area contributed by atoms with E-state index < -0.39 is 7.12 Å². The summed E-state index contributed by atoms with van der Waals surface area (Å²) < 4.78 is 13.5. The summed E-state index contributed by atoms with van der Waals surface area (Å²) in [7, 11) is -0.496. The molecule has 1 aliphatic heterocycles. The second kappa shape index (κ2) is 14.4. The van der Waals surface area contributed by atoms with Crippen LogP contribution in [0.5, 0.6) is 0 Å². The molecule has 1 atom stereocenters. The van der Waals surface area contributed by atoms with E-state index in [4.69, 9.17) is 9.31 Å². The number of benzene rings is 1. The van der Waals surface area contributed by atoms with Crippen LogP contribution in [0.3, 0.4) is 0 Å². The van der Waals surface area contributed by atoms with Gasteiger partial charge in [-0.15, -0.1) is 0 Å². The lowest BCUT2D eigenvalue weighted by molar-refractivity contribution is -0.120. The van der Waals surface area contributed by atoms with Gasteiger partial charge in [0.25, 0.3) is 5.91 Å². The summed E-state index contributed by atoms with van der Waals surface area (Å²) in [5, 5.41) is 5.69. The first-order chi connectivity index (χ1) is 15.3. The molecular formula is C22H34BBr2N3O4. The van der Waals surface area contributed by atoms with E-state index in [1.807, 2.05) is 6.07 Å². The number of amides is 2. The average molecular weight is 575 g/mol. The third kappa shape index (κ3) is 9.51. The summed E-state index contributed by atoms with van der Waals surface area (Å²) in [6, 6.07) is 5.32. The number of hydrogen-bond donors (Lipinski definition) is 2.